The second kappa shape index (κ2) is 5.12. The summed E-state index contributed by atoms with van der Waals surface area (Å²) in [5, 5.41) is 0. The fraction of sp³-hybridized carbons (Fsp3) is 0.214. The number of fused-ring (bicyclic) bond motifs is 1. The minimum absolute atomic E-state index is 0.0237. The molecule has 21 heavy (non-hydrogen) atoms. The monoisotopic (exact) mass is 341 g/mol. The van der Waals surface area contributed by atoms with Gasteiger partial charge in [0.2, 0.25) is 0 Å². The molecule has 0 amide bonds. The number of carbonyl (C=O) groups is 1. The highest BCUT2D eigenvalue weighted by Crippen LogP contribution is 2.35. The molecule has 0 bridgehead atoms. The van der Waals surface area contributed by atoms with Gasteiger partial charge in [0.05, 0.1) is 10.0 Å². The number of ketones is 1. The maximum absolute atomic E-state index is 12.7. The Kier molecular flexibility index (Phi) is 3.55. The highest BCUT2D eigenvalue weighted by molar-refractivity contribution is 7.94. The summed E-state index contributed by atoms with van der Waals surface area (Å²) >= 11 is 6.85. The van der Waals surface area contributed by atoms with E-state index in [1.54, 1.807) is 24.3 Å². The molecule has 0 unspecified atom stereocenters. The first-order chi connectivity index (χ1) is 9.89. The molecule has 0 aliphatic carbocycles. The molecule has 4 nitrogen and oxygen atoms in total. The van der Waals surface area contributed by atoms with E-state index in [-0.39, 0.29) is 23.0 Å². The van der Waals surface area contributed by atoms with E-state index in [1.165, 1.54) is 10.4 Å². The lowest BCUT2D eigenvalue weighted by molar-refractivity contribution is 0.0982. The SMILES string of the molecule is Cc1ccc2c(c1)C(=O)CCN2S(=O)(=O)c1ccc(Cl)s1. The number of rotatable bonds is 2. The number of thiophene rings is 1. The first-order valence-corrected chi connectivity index (χ1v) is 8.95. The number of sulfonamides is 1. The van der Waals surface area contributed by atoms with Crippen molar-refractivity contribution < 1.29 is 13.2 Å². The quantitative estimate of drug-likeness (QED) is 0.840. The molecular weight excluding hydrogens is 330 g/mol. The standard InChI is InChI=1S/C14H12ClNO3S2/c1-9-2-3-11-10(8-9)12(17)6-7-16(11)21(18,19)14-5-4-13(15)20-14/h2-5,8H,6-7H2,1H3. The first kappa shape index (κ1) is 14.6. The summed E-state index contributed by atoms with van der Waals surface area (Å²) in [6, 6.07) is 8.29. The number of aryl methyl sites for hydroxylation is 1. The van der Waals surface area contributed by atoms with E-state index >= 15 is 0 Å². The Bertz CT molecular complexity index is 826. The number of halogens is 1. The molecule has 110 valence electrons. The van der Waals surface area contributed by atoms with E-state index < -0.39 is 10.0 Å². The summed E-state index contributed by atoms with van der Waals surface area (Å²) in [4.78, 5) is 12.0. The highest BCUT2D eigenvalue weighted by atomic mass is 35.5. The molecule has 0 saturated carbocycles. The number of benzene rings is 1. The van der Waals surface area contributed by atoms with Crippen molar-refractivity contribution in [3.05, 3.63) is 45.8 Å². The van der Waals surface area contributed by atoms with Crippen LogP contribution in [-0.4, -0.2) is 20.7 Å². The van der Waals surface area contributed by atoms with Crippen LogP contribution in [0.2, 0.25) is 4.34 Å². The summed E-state index contributed by atoms with van der Waals surface area (Å²) < 4.78 is 27.3. The molecule has 0 N–H and O–H groups in total. The van der Waals surface area contributed by atoms with E-state index in [1.807, 2.05) is 6.92 Å². The topological polar surface area (TPSA) is 54.5 Å². The second-order valence-corrected chi connectivity index (χ2v) is 8.63. The maximum Gasteiger partial charge on any atom is 0.273 e. The Labute approximate surface area is 132 Å². The van der Waals surface area contributed by atoms with Crippen LogP contribution in [0.4, 0.5) is 5.69 Å². The lowest BCUT2D eigenvalue weighted by Crippen LogP contribution is -2.37. The Morgan fingerprint density at radius 1 is 1.24 bits per heavy atom. The molecule has 0 fully saturated rings. The van der Waals surface area contributed by atoms with Crippen molar-refractivity contribution in [2.24, 2.45) is 0 Å². The predicted molar refractivity (Wildman–Crippen MR) is 84.0 cm³/mol. The van der Waals surface area contributed by atoms with Gasteiger partial charge < -0.3 is 0 Å². The zero-order valence-corrected chi connectivity index (χ0v) is 13.6. The van der Waals surface area contributed by atoms with Crippen molar-refractivity contribution in [1.29, 1.82) is 0 Å². The van der Waals surface area contributed by atoms with Crippen LogP contribution in [0.1, 0.15) is 22.3 Å². The van der Waals surface area contributed by atoms with Crippen molar-refractivity contribution in [3.8, 4) is 0 Å². The van der Waals surface area contributed by atoms with Crippen molar-refractivity contribution in [2.75, 3.05) is 10.8 Å². The number of hydrogen-bond acceptors (Lipinski definition) is 4. The number of carbonyl (C=O) groups excluding carboxylic acids is 1. The largest absolute Gasteiger partial charge is 0.294 e. The summed E-state index contributed by atoms with van der Waals surface area (Å²) in [6.07, 6.45) is 0.189. The molecule has 1 aromatic heterocycles. The van der Waals surface area contributed by atoms with Gasteiger partial charge in [0.15, 0.2) is 5.78 Å². The van der Waals surface area contributed by atoms with Gasteiger partial charge in [-0.1, -0.05) is 23.2 Å². The van der Waals surface area contributed by atoms with Crippen LogP contribution in [0, 0.1) is 6.92 Å². The van der Waals surface area contributed by atoms with Crippen LogP contribution in [-0.2, 0) is 10.0 Å². The van der Waals surface area contributed by atoms with Gasteiger partial charge in [-0.2, -0.15) is 0 Å². The van der Waals surface area contributed by atoms with E-state index in [4.69, 9.17) is 11.6 Å². The van der Waals surface area contributed by atoms with E-state index in [9.17, 15) is 13.2 Å². The molecule has 0 spiro atoms. The molecule has 0 radical (unpaired) electrons. The minimum Gasteiger partial charge on any atom is -0.294 e. The van der Waals surface area contributed by atoms with Gasteiger partial charge in [0.25, 0.3) is 10.0 Å². The number of nitrogens with zero attached hydrogens (tertiary/aromatic N) is 1. The van der Waals surface area contributed by atoms with E-state index in [0.29, 0.717) is 15.6 Å². The molecule has 1 aromatic carbocycles. The van der Waals surface area contributed by atoms with Crippen LogP contribution in [0.15, 0.2) is 34.5 Å². The normalized spacial score (nSPS) is 15.1. The molecule has 2 aromatic rings. The first-order valence-electron chi connectivity index (χ1n) is 6.31. The van der Waals surface area contributed by atoms with Crippen LogP contribution in [0.5, 0.6) is 0 Å². The Morgan fingerprint density at radius 2 is 2.00 bits per heavy atom. The average Bonchev–Trinajstić information content (AvgIpc) is 2.87. The molecule has 2 heterocycles. The summed E-state index contributed by atoms with van der Waals surface area (Å²) in [5.74, 6) is -0.0237. The Morgan fingerprint density at radius 3 is 2.67 bits per heavy atom. The zero-order chi connectivity index (χ0) is 15.2. The van der Waals surface area contributed by atoms with Crippen LogP contribution < -0.4 is 4.31 Å². The van der Waals surface area contributed by atoms with Crippen LogP contribution >= 0.6 is 22.9 Å². The number of hydrogen-bond donors (Lipinski definition) is 0. The number of anilines is 1. The molecule has 1 aliphatic rings. The van der Waals surface area contributed by atoms with Crippen molar-refractivity contribution in [1.82, 2.24) is 0 Å². The third-order valence-corrected chi connectivity index (χ3v) is 6.87. The van der Waals surface area contributed by atoms with Crippen molar-refractivity contribution >= 4 is 44.4 Å². The smallest absolute Gasteiger partial charge is 0.273 e. The van der Waals surface area contributed by atoms with E-state index in [2.05, 4.69) is 0 Å². The van der Waals surface area contributed by atoms with Gasteiger partial charge in [0, 0.05) is 18.5 Å². The van der Waals surface area contributed by atoms with Gasteiger partial charge in [-0.15, -0.1) is 11.3 Å². The molecule has 1 aliphatic heterocycles. The Hall–Kier alpha value is -1.37. The van der Waals surface area contributed by atoms with Crippen LogP contribution in [0.3, 0.4) is 0 Å². The molecule has 0 saturated heterocycles. The average molecular weight is 342 g/mol. The Balaban J connectivity index is 2.13. The van der Waals surface area contributed by atoms with Gasteiger partial charge in [-0.3, -0.25) is 9.10 Å². The molecular formula is C14H12ClNO3S2. The van der Waals surface area contributed by atoms with Gasteiger partial charge in [-0.25, -0.2) is 8.42 Å². The molecule has 3 rings (SSSR count). The van der Waals surface area contributed by atoms with Crippen molar-refractivity contribution in [2.45, 2.75) is 17.6 Å². The van der Waals surface area contributed by atoms with Gasteiger partial charge in [-0.05, 0) is 31.2 Å². The van der Waals surface area contributed by atoms with Gasteiger partial charge in [0.1, 0.15) is 4.21 Å². The lowest BCUT2D eigenvalue weighted by atomic mass is 10.0. The third-order valence-electron chi connectivity index (χ3n) is 3.36. The number of Topliss-reactive ketones (excluding diaryl/α,β-unsaturated/α-hetero) is 1. The van der Waals surface area contributed by atoms with Crippen LogP contribution in [0.25, 0.3) is 0 Å². The summed E-state index contributed by atoms with van der Waals surface area (Å²) in [5.41, 5.74) is 1.84. The fourth-order valence-electron chi connectivity index (χ4n) is 2.34. The molecule has 0 atom stereocenters. The lowest BCUT2D eigenvalue weighted by Gasteiger charge is -2.29. The van der Waals surface area contributed by atoms with E-state index in [0.717, 1.165) is 16.9 Å². The summed E-state index contributed by atoms with van der Waals surface area (Å²) in [7, 11) is -3.68. The summed E-state index contributed by atoms with van der Waals surface area (Å²) in [6.45, 7) is 2.03. The minimum atomic E-state index is -3.68. The highest BCUT2D eigenvalue weighted by Gasteiger charge is 2.33. The second-order valence-electron chi connectivity index (χ2n) is 4.83. The third kappa shape index (κ3) is 2.47. The van der Waals surface area contributed by atoms with Gasteiger partial charge >= 0.3 is 0 Å². The van der Waals surface area contributed by atoms with Crippen molar-refractivity contribution in [3.63, 3.8) is 0 Å². The maximum atomic E-state index is 12.7. The molecule has 7 heteroatoms. The predicted octanol–water partition coefficient (Wildman–Crippen LogP) is 3.49. The zero-order valence-electron chi connectivity index (χ0n) is 11.2. The fourth-order valence-corrected chi connectivity index (χ4v) is 5.42.